The Balaban J connectivity index is 2.33. The molecule has 0 atom stereocenters. The van der Waals surface area contributed by atoms with Crippen LogP contribution in [-0.2, 0) is 5.75 Å². The first-order valence-electron chi connectivity index (χ1n) is 4.32. The molecule has 4 heteroatoms. The van der Waals surface area contributed by atoms with Crippen LogP contribution in [0.1, 0.15) is 19.5 Å². The minimum atomic E-state index is 0.484. The van der Waals surface area contributed by atoms with Crippen LogP contribution in [0.2, 0.25) is 0 Å². The summed E-state index contributed by atoms with van der Waals surface area (Å²) in [6, 6.07) is 0. The predicted octanol–water partition coefficient (Wildman–Crippen LogP) is 1.95. The third-order valence-corrected chi connectivity index (χ3v) is 2.83. The molecule has 1 heterocycles. The van der Waals surface area contributed by atoms with Crippen molar-refractivity contribution in [3.8, 4) is 0 Å². The summed E-state index contributed by atoms with van der Waals surface area (Å²) in [5, 5.41) is 0. The second-order valence-corrected chi connectivity index (χ2v) is 4.37. The van der Waals surface area contributed by atoms with E-state index in [0.29, 0.717) is 5.82 Å². The van der Waals surface area contributed by atoms with Crippen LogP contribution in [0.25, 0.3) is 0 Å². The number of rotatable bonds is 4. The molecule has 1 aromatic rings. The SMILES string of the molecule is CC(C)CSCc1cnc(N)cn1. The van der Waals surface area contributed by atoms with Gasteiger partial charge in [-0.05, 0) is 11.7 Å². The minimum Gasteiger partial charge on any atom is -0.382 e. The van der Waals surface area contributed by atoms with E-state index in [1.165, 1.54) is 0 Å². The summed E-state index contributed by atoms with van der Waals surface area (Å²) in [5.74, 6) is 3.29. The topological polar surface area (TPSA) is 51.8 Å². The highest BCUT2D eigenvalue weighted by molar-refractivity contribution is 7.98. The molecule has 0 aromatic carbocycles. The highest BCUT2D eigenvalue weighted by Gasteiger charge is 1.97. The molecule has 0 aliphatic carbocycles. The van der Waals surface area contributed by atoms with Gasteiger partial charge >= 0.3 is 0 Å². The summed E-state index contributed by atoms with van der Waals surface area (Å²) >= 11 is 1.88. The first kappa shape index (κ1) is 10.3. The molecule has 0 aliphatic heterocycles. The van der Waals surface area contributed by atoms with Crippen molar-refractivity contribution in [2.75, 3.05) is 11.5 Å². The summed E-state index contributed by atoms with van der Waals surface area (Å²) in [6.07, 6.45) is 3.34. The molecule has 0 radical (unpaired) electrons. The number of hydrogen-bond acceptors (Lipinski definition) is 4. The number of nitrogen functional groups attached to an aromatic ring is 1. The summed E-state index contributed by atoms with van der Waals surface area (Å²) < 4.78 is 0. The summed E-state index contributed by atoms with van der Waals surface area (Å²) in [4.78, 5) is 8.15. The van der Waals surface area contributed by atoms with E-state index in [1.807, 2.05) is 11.8 Å². The quantitative estimate of drug-likeness (QED) is 0.801. The van der Waals surface area contributed by atoms with Crippen LogP contribution in [0.3, 0.4) is 0 Å². The van der Waals surface area contributed by atoms with Crippen molar-refractivity contribution in [1.82, 2.24) is 9.97 Å². The Hall–Kier alpha value is -0.770. The van der Waals surface area contributed by atoms with Crippen LogP contribution in [-0.4, -0.2) is 15.7 Å². The Morgan fingerprint density at radius 3 is 2.69 bits per heavy atom. The van der Waals surface area contributed by atoms with Crippen molar-refractivity contribution in [3.63, 3.8) is 0 Å². The largest absolute Gasteiger partial charge is 0.382 e. The van der Waals surface area contributed by atoms with Gasteiger partial charge in [0.05, 0.1) is 18.1 Å². The molecule has 0 amide bonds. The van der Waals surface area contributed by atoms with E-state index in [9.17, 15) is 0 Å². The lowest BCUT2D eigenvalue weighted by atomic mass is 10.3. The number of anilines is 1. The molecule has 0 fully saturated rings. The Morgan fingerprint density at radius 1 is 1.38 bits per heavy atom. The average molecular weight is 197 g/mol. The summed E-state index contributed by atoms with van der Waals surface area (Å²) in [5.41, 5.74) is 6.42. The Kier molecular flexibility index (Phi) is 4.02. The van der Waals surface area contributed by atoms with Gasteiger partial charge in [-0.2, -0.15) is 11.8 Å². The van der Waals surface area contributed by atoms with Crippen molar-refractivity contribution in [1.29, 1.82) is 0 Å². The highest BCUT2D eigenvalue weighted by Crippen LogP contribution is 2.13. The van der Waals surface area contributed by atoms with E-state index in [1.54, 1.807) is 12.4 Å². The fourth-order valence-electron chi connectivity index (χ4n) is 0.838. The van der Waals surface area contributed by atoms with Crippen LogP contribution in [0, 0.1) is 5.92 Å². The first-order valence-corrected chi connectivity index (χ1v) is 5.48. The van der Waals surface area contributed by atoms with Gasteiger partial charge in [0.15, 0.2) is 0 Å². The van der Waals surface area contributed by atoms with Gasteiger partial charge in [-0.25, -0.2) is 4.98 Å². The summed E-state index contributed by atoms with van der Waals surface area (Å²) in [6.45, 7) is 4.42. The molecule has 2 N–H and O–H groups in total. The second kappa shape index (κ2) is 5.07. The number of thioether (sulfide) groups is 1. The fourth-order valence-corrected chi connectivity index (χ4v) is 1.79. The van der Waals surface area contributed by atoms with Crippen molar-refractivity contribution >= 4 is 17.6 Å². The van der Waals surface area contributed by atoms with Gasteiger partial charge in [0.25, 0.3) is 0 Å². The lowest BCUT2D eigenvalue weighted by molar-refractivity contribution is 0.750. The zero-order valence-corrected chi connectivity index (χ0v) is 8.84. The smallest absolute Gasteiger partial charge is 0.141 e. The molecule has 0 aliphatic rings. The molecule has 0 bridgehead atoms. The average Bonchev–Trinajstić information content (AvgIpc) is 2.08. The van der Waals surface area contributed by atoms with Gasteiger partial charge in [0.1, 0.15) is 5.82 Å². The third-order valence-electron chi connectivity index (χ3n) is 1.43. The molecule has 3 nitrogen and oxygen atoms in total. The van der Waals surface area contributed by atoms with Crippen LogP contribution in [0.4, 0.5) is 5.82 Å². The number of nitrogens with zero attached hydrogens (tertiary/aromatic N) is 2. The van der Waals surface area contributed by atoms with Gasteiger partial charge in [-0.15, -0.1) is 0 Å². The van der Waals surface area contributed by atoms with Crippen LogP contribution in [0.5, 0.6) is 0 Å². The monoisotopic (exact) mass is 197 g/mol. The zero-order chi connectivity index (χ0) is 9.68. The first-order chi connectivity index (χ1) is 6.18. The van der Waals surface area contributed by atoms with E-state index in [2.05, 4.69) is 23.8 Å². The van der Waals surface area contributed by atoms with Crippen molar-refractivity contribution in [2.45, 2.75) is 19.6 Å². The van der Waals surface area contributed by atoms with Crippen molar-refractivity contribution in [3.05, 3.63) is 18.1 Å². The van der Waals surface area contributed by atoms with Gasteiger partial charge in [-0.1, -0.05) is 13.8 Å². The Morgan fingerprint density at radius 2 is 2.15 bits per heavy atom. The molecule has 1 rings (SSSR count). The van der Waals surface area contributed by atoms with Crippen LogP contribution in [0.15, 0.2) is 12.4 Å². The maximum atomic E-state index is 5.42. The molecule has 0 unspecified atom stereocenters. The van der Waals surface area contributed by atoms with Gasteiger partial charge in [0, 0.05) is 5.75 Å². The lowest BCUT2D eigenvalue weighted by Crippen LogP contribution is -1.96. The molecule has 72 valence electrons. The van der Waals surface area contributed by atoms with Gasteiger partial charge in [0.2, 0.25) is 0 Å². The van der Waals surface area contributed by atoms with E-state index < -0.39 is 0 Å². The maximum Gasteiger partial charge on any atom is 0.141 e. The summed E-state index contributed by atoms with van der Waals surface area (Å²) in [7, 11) is 0. The molecule has 0 saturated carbocycles. The maximum absolute atomic E-state index is 5.42. The predicted molar refractivity (Wildman–Crippen MR) is 57.4 cm³/mol. The zero-order valence-electron chi connectivity index (χ0n) is 8.03. The third kappa shape index (κ3) is 4.12. The molecule has 0 spiro atoms. The Labute approximate surface area is 83.2 Å². The van der Waals surface area contributed by atoms with Crippen LogP contribution < -0.4 is 5.73 Å². The van der Waals surface area contributed by atoms with Gasteiger partial charge in [-0.3, -0.25) is 4.98 Å². The standard InChI is InChI=1S/C9H15N3S/c1-7(2)5-13-6-8-3-12-9(10)4-11-8/h3-4,7H,5-6H2,1-2H3,(H2,10,12). The van der Waals surface area contributed by atoms with E-state index >= 15 is 0 Å². The van der Waals surface area contributed by atoms with E-state index in [0.717, 1.165) is 23.1 Å². The minimum absolute atomic E-state index is 0.484. The second-order valence-electron chi connectivity index (χ2n) is 3.34. The van der Waals surface area contributed by atoms with E-state index in [-0.39, 0.29) is 0 Å². The molecule has 1 aromatic heterocycles. The highest BCUT2D eigenvalue weighted by atomic mass is 32.2. The van der Waals surface area contributed by atoms with Crippen molar-refractivity contribution < 1.29 is 0 Å². The Bertz CT molecular complexity index is 246. The molecule has 13 heavy (non-hydrogen) atoms. The van der Waals surface area contributed by atoms with E-state index in [4.69, 9.17) is 5.73 Å². The number of aromatic nitrogens is 2. The number of nitrogens with two attached hydrogens (primary N) is 1. The van der Waals surface area contributed by atoms with Crippen molar-refractivity contribution in [2.24, 2.45) is 5.92 Å². The lowest BCUT2D eigenvalue weighted by Gasteiger charge is -2.03. The number of hydrogen-bond donors (Lipinski definition) is 1. The van der Waals surface area contributed by atoms with Gasteiger partial charge < -0.3 is 5.73 Å². The van der Waals surface area contributed by atoms with Crippen LogP contribution >= 0.6 is 11.8 Å². The molecule has 0 saturated heterocycles. The fraction of sp³-hybridized carbons (Fsp3) is 0.556. The normalized spacial score (nSPS) is 10.7. The molecular formula is C9H15N3S. The molecular weight excluding hydrogens is 182 g/mol.